The molecule has 0 aromatic rings. The fraction of sp³-hybridized carbons (Fsp3) is 0.909. The largest absolute Gasteiger partial charge is 0.444 e. The van der Waals surface area contributed by atoms with Gasteiger partial charge in [0.2, 0.25) is 0 Å². The van der Waals surface area contributed by atoms with Crippen molar-refractivity contribution in [2.24, 2.45) is 0 Å². The van der Waals surface area contributed by atoms with Gasteiger partial charge in [-0.15, -0.1) is 0 Å². The van der Waals surface area contributed by atoms with Gasteiger partial charge in [0.25, 0.3) is 0 Å². The highest BCUT2D eigenvalue weighted by Crippen LogP contribution is 2.15. The van der Waals surface area contributed by atoms with Crippen LogP contribution >= 0.6 is 0 Å². The van der Waals surface area contributed by atoms with Crippen molar-refractivity contribution in [2.75, 3.05) is 13.1 Å². The molecule has 0 radical (unpaired) electrons. The van der Waals surface area contributed by atoms with E-state index in [0.29, 0.717) is 12.8 Å². The minimum Gasteiger partial charge on any atom is -0.444 e. The summed E-state index contributed by atoms with van der Waals surface area (Å²) in [4.78, 5) is 13.1. The Kier molecular flexibility index (Phi) is 4.15. The number of amides is 1. The summed E-state index contributed by atoms with van der Waals surface area (Å²) in [6.07, 6.45) is -0.608. The van der Waals surface area contributed by atoms with Gasteiger partial charge in [-0.2, -0.15) is 0 Å². The Labute approximate surface area is 96.0 Å². The molecular formula is C11H21NO4. The van der Waals surface area contributed by atoms with Crippen molar-refractivity contribution in [2.45, 2.75) is 51.4 Å². The van der Waals surface area contributed by atoms with Crippen molar-refractivity contribution >= 4 is 6.09 Å². The third-order valence-electron chi connectivity index (χ3n) is 2.35. The summed E-state index contributed by atoms with van der Waals surface area (Å²) in [5, 5.41) is 19.1. The highest BCUT2D eigenvalue weighted by molar-refractivity contribution is 5.68. The van der Waals surface area contributed by atoms with E-state index in [2.05, 4.69) is 0 Å². The summed E-state index contributed by atoms with van der Waals surface area (Å²) < 4.78 is 5.19. The fourth-order valence-corrected chi connectivity index (χ4v) is 1.63. The van der Waals surface area contributed by atoms with E-state index in [0.717, 1.165) is 0 Å². The monoisotopic (exact) mass is 231 g/mol. The zero-order valence-corrected chi connectivity index (χ0v) is 10.1. The number of carbonyl (C=O) groups is 1. The first-order chi connectivity index (χ1) is 7.28. The maximum atomic E-state index is 11.7. The molecule has 0 bridgehead atoms. The molecule has 1 aliphatic heterocycles. The molecule has 0 aromatic carbocycles. The lowest BCUT2D eigenvalue weighted by Gasteiger charge is -2.27. The smallest absolute Gasteiger partial charge is 0.410 e. The van der Waals surface area contributed by atoms with Crippen LogP contribution in [0.3, 0.4) is 0 Å². The van der Waals surface area contributed by atoms with Gasteiger partial charge in [0.15, 0.2) is 0 Å². The van der Waals surface area contributed by atoms with Crippen LogP contribution in [0.2, 0.25) is 0 Å². The van der Waals surface area contributed by atoms with Gasteiger partial charge in [0.05, 0.1) is 25.3 Å². The first-order valence-electron chi connectivity index (χ1n) is 5.62. The molecule has 1 aliphatic rings. The molecule has 2 N–H and O–H groups in total. The lowest BCUT2D eigenvalue weighted by Crippen LogP contribution is -2.42. The molecule has 16 heavy (non-hydrogen) atoms. The van der Waals surface area contributed by atoms with Crippen molar-refractivity contribution in [1.82, 2.24) is 4.90 Å². The molecule has 0 aliphatic carbocycles. The lowest BCUT2D eigenvalue weighted by molar-refractivity contribution is 0.0111. The van der Waals surface area contributed by atoms with E-state index in [1.165, 1.54) is 4.90 Å². The number of nitrogens with zero attached hydrogens (tertiary/aromatic N) is 1. The first kappa shape index (κ1) is 13.3. The van der Waals surface area contributed by atoms with E-state index in [1.54, 1.807) is 20.8 Å². The van der Waals surface area contributed by atoms with Gasteiger partial charge in [-0.3, -0.25) is 0 Å². The number of carbonyl (C=O) groups excluding carboxylic acids is 1. The summed E-state index contributed by atoms with van der Waals surface area (Å²) in [7, 11) is 0. The van der Waals surface area contributed by atoms with Crippen LogP contribution in [-0.4, -0.2) is 52.1 Å². The normalized spacial score (nSPS) is 27.4. The molecule has 1 saturated heterocycles. The van der Waals surface area contributed by atoms with Gasteiger partial charge in [-0.05, 0) is 33.6 Å². The van der Waals surface area contributed by atoms with Crippen LogP contribution in [0.15, 0.2) is 0 Å². The van der Waals surface area contributed by atoms with Crippen LogP contribution in [0.4, 0.5) is 4.79 Å². The Morgan fingerprint density at radius 1 is 1.19 bits per heavy atom. The third-order valence-corrected chi connectivity index (χ3v) is 2.35. The highest BCUT2D eigenvalue weighted by atomic mass is 16.6. The number of hydrogen-bond donors (Lipinski definition) is 2. The predicted molar refractivity (Wildman–Crippen MR) is 59.1 cm³/mol. The number of β-amino-alcohol motifs (C(OH)–C–C–N with tert-alkyl or cyclic N) is 2. The molecule has 0 aromatic heterocycles. The number of likely N-dealkylation sites (tertiary alicyclic amines) is 1. The van der Waals surface area contributed by atoms with Crippen LogP contribution in [0.5, 0.6) is 0 Å². The molecular weight excluding hydrogens is 210 g/mol. The predicted octanol–water partition coefficient (Wildman–Crippen LogP) is 0.739. The zero-order valence-electron chi connectivity index (χ0n) is 10.1. The maximum absolute atomic E-state index is 11.7. The second-order valence-corrected chi connectivity index (χ2v) is 5.27. The Balaban J connectivity index is 2.59. The summed E-state index contributed by atoms with van der Waals surface area (Å²) >= 11 is 0. The Morgan fingerprint density at radius 3 is 2.00 bits per heavy atom. The number of hydrogen-bond acceptors (Lipinski definition) is 4. The van der Waals surface area contributed by atoms with Crippen molar-refractivity contribution < 1.29 is 19.7 Å². The molecule has 5 nitrogen and oxygen atoms in total. The third kappa shape index (κ3) is 4.37. The molecule has 0 spiro atoms. The molecule has 1 heterocycles. The van der Waals surface area contributed by atoms with E-state index >= 15 is 0 Å². The standard InChI is InChI=1S/C11H21NO4/c1-11(2,3)16-10(15)12-6-8(13)4-5-9(14)7-12/h8-9,13-14H,4-7H2,1-3H3/t8-,9-/m1/s1. The maximum Gasteiger partial charge on any atom is 0.410 e. The average molecular weight is 231 g/mol. The van der Waals surface area contributed by atoms with Crippen molar-refractivity contribution in [3.05, 3.63) is 0 Å². The molecule has 1 amide bonds. The number of aliphatic hydroxyl groups is 2. The summed E-state index contributed by atoms with van der Waals surface area (Å²) in [6, 6.07) is 0. The van der Waals surface area contributed by atoms with Crippen LogP contribution in [0, 0.1) is 0 Å². The second kappa shape index (κ2) is 5.01. The van der Waals surface area contributed by atoms with E-state index in [9.17, 15) is 15.0 Å². The molecule has 0 saturated carbocycles. The van der Waals surface area contributed by atoms with Crippen molar-refractivity contribution in [3.63, 3.8) is 0 Å². The van der Waals surface area contributed by atoms with Gasteiger partial charge >= 0.3 is 6.09 Å². The number of ether oxygens (including phenoxy) is 1. The van der Waals surface area contributed by atoms with Crippen LogP contribution in [0.25, 0.3) is 0 Å². The topological polar surface area (TPSA) is 70.0 Å². The van der Waals surface area contributed by atoms with Gasteiger partial charge < -0.3 is 19.8 Å². The molecule has 5 heteroatoms. The van der Waals surface area contributed by atoms with Gasteiger partial charge in [0, 0.05) is 0 Å². The summed E-state index contributed by atoms with van der Waals surface area (Å²) in [5.74, 6) is 0. The SMILES string of the molecule is CC(C)(C)OC(=O)N1C[C@H](O)CC[C@@H](O)C1. The minimum absolute atomic E-state index is 0.228. The zero-order chi connectivity index (χ0) is 12.3. The van der Waals surface area contributed by atoms with Crippen molar-refractivity contribution in [3.8, 4) is 0 Å². The quantitative estimate of drug-likeness (QED) is 0.645. The van der Waals surface area contributed by atoms with E-state index in [-0.39, 0.29) is 13.1 Å². The lowest BCUT2D eigenvalue weighted by atomic mass is 10.1. The number of aliphatic hydroxyl groups excluding tert-OH is 2. The first-order valence-corrected chi connectivity index (χ1v) is 5.62. The molecule has 2 atom stereocenters. The Hall–Kier alpha value is -0.810. The van der Waals surface area contributed by atoms with Crippen LogP contribution < -0.4 is 0 Å². The molecule has 0 unspecified atom stereocenters. The molecule has 1 fully saturated rings. The summed E-state index contributed by atoms with van der Waals surface area (Å²) in [5.41, 5.74) is -0.556. The van der Waals surface area contributed by atoms with Crippen LogP contribution in [-0.2, 0) is 4.74 Å². The molecule has 1 rings (SSSR count). The van der Waals surface area contributed by atoms with Gasteiger partial charge in [-0.25, -0.2) is 4.79 Å². The number of rotatable bonds is 0. The van der Waals surface area contributed by atoms with Gasteiger partial charge in [-0.1, -0.05) is 0 Å². The highest BCUT2D eigenvalue weighted by Gasteiger charge is 2.28. The summed E-state index contributed by atoms with van der Waals surface area (Å²) in [6.45, 7) is 5.82. The van der Waals surface area contributed by atoms with Crippen LogP contribution in [0.1, 0.15) is 33.6 Å². The Bertz CT molecular complexity index is 237. The van der Waals surface area contributed by atoms with E-state index in [4.69, 9.17) is 4.74 Å². The van der Waals surface area contributed by atoms with E-state index in [1.807, 2.05) is 0 Å². The second-order valence-electron chi connectivity index (χ2n) is 5.27. The minimum atomic E-state index is -0.579. The average Bonchev–Trinajstić information content (AvgIpc) is 2.25. The van der Waals surface area contributed by atoms with Gasteiger partial charge in [0.1, 0.15) is 5.60 Å². The fourth-order valence-electron chi connectivity index (χ4n) is 1.63. The van der Waals surface area contributed by atoms with E-state index < -0.39 is 23.9 Å². The Morgan fingerprint density at radius 2 is 1.62 bits per heavy atom. The molecule has 94 valence electrons. The van der Waals surface area contributed by atoms with Crippen molar-refractivity contribution in [1.29, 1.82) is 0 Å².